The monoisotopic (exact) mass is 632 g/mol. The summed E-state index contributed by atoms with van der Waals surface area (Å²) in [4.78, 5) is 30.9. The van der Waals surface area contributed by atoms with Crippen LogP contribution in [0.2, 0.25) is 5.02 Å². The van der Waals surface area contributed by atoms with Gasteiger partial charge < -0.3 is 24.3 Å². The lowest BCUT2D eigenvalue weighted by Crippen LogP contribution is -2.57. The van der Waals surface area contributed by atoms with E-state index in [4.69, 9.17) is 16.1 Å². The lowest BCUT2D eigenvalue weighted by Gasteiger charge is -2.40. The number of hydrogen-bond acceptors (Lipinski definition) is 6. The molecule has 2 aromatic carbocycles. The SMILES string of the molecule is CN(Cc1ccon1)C(=O)c1ccc(N2CCC(CC3CCN(C(=O)[C@](O)(c4ccccc4)C(F)(F)F)CC3)CC2)cc1Cl. The third kappa shape index (κ3) is 6.73. The highest BCUT2D eigenvalue weighted by Gasteiger charge is 2.62. The van der Waals surface area contributed by atoms with Gasteiger partial charge in [0.15, 0.2) is 0 Å². The Morgan fingerprint density at radius 3 is 2.20 bits per heavy atom. The van der Waals surface area contributed by atoms with E-state index in [0.717, 1.165) is 55.1 Å². The van der Waals surface area contributed by atoms with Gasteiger partial charge in [-0.1, -0.05) is 47.1 Å². The van der Waals surface area contributed by atoms with Crippen LogP contribution in [0, 0.1) is 11.8 Å². The van der Waals surface area contributed by atoms with Gasteiger partial charge in [-0.05, 0) is 62.1 Å². The molecule has 44 heavy (non-hydrogen) atoms. The number of hydrogen-bond donors (Lipinski definition) is 1. The standard InChI is InChI=1S/C32H36ClF3N4O4/c1-38(21-25-13-18-44-37-25)29(41)27-8-7-26(20-28(27)33)39-14-9-22(10-15-39)19-23-11-16-40(17-12-23)30(42)31(43,32(34,35)36)24-5-3-2-4-6-24/h2-8,13,18,20,22-23,43H,9-12,14-17,19,21H2,1H3/t31-/m1/s1. The van der Waals surface area contributed by atoms with E-state index in [1.54, 1.807) is 19.2 Å². The topological polar surface area (TPSA) is 90.1 Å². The molecule has 0 saturated carbocycles. The summed E-state index contributed by atoms with van der Waals surface area (Å²) in [6.45, 7) is 2.33. The Bertz CT molecular complexity index is 1420. The molecule has 5 rings (SSSR count). The summed E-state index contributed by atoms with van der Waals surface area (Å²) in [5.74, 6) is -0.744. The number of benzene rings is 2. The van der Waals surface area contributed by atoms with E-state index in [9.17, 15) is 27.9 Å². The molecule has 12 heteroatoms. The molecule has 1 atom stereocenters. The minimum absolute atomic E-state index is 0.185. The minimum Gasteiger partial charge on any atom is -0.371 e. The second kappa shape index (κ2) is 13.2. The van der Waals surface area contributed by atoms with E-state index in [1.807, 2.05) is 12.1 Å². The summed E-state index contributed by atoms with van der Waals surface area (Å²) in [5, 5.41) is 14.9. The summed E-state index contributed by atoms with van der Waals surface area (Å²) in [5.41, 5.74) is -2.02. The van der Waals surface area contributed by atoms with Crippen LogP contribution in [0.1, 0.15) is 53.7 Å². The van der Waals surface area contributed by atoms with Crippen molar-refractivity contribution in [1.29, 1.82) is 0 Å². The number of piperidine rings is 2. The highest BCUT2D eigenvalue weighted by molar-refractivity contribution is 6.34. The molecule has 1 N–H and O–H groups in total. The lowest BCUT2D eigenvalue weighted by atomic mass is 9.82. The van der Waals surface area contributed by atoms with E-state index in [2.05, 4.69) is 10.1 Å². The van der Waals surface area contributed by atoms with Crippen molar-refractivity contribution in [1.82, 2.24) is 15.0 Å². The van der Waals surface area contributed by atoms with E-state index < -0.39 is 23.2 Å². The van der Waals surface area contributed by atoms with Gasteiger partial charge in [0.25, 0.3) is 17.4 Å². The minimum atomic E-state index is -5.13. The normalized spacial score (nSPS) is 18.2. The quantitative estimate of drug-likeness (QED) is 0.333. The molecule has 2 fully saturated rings. The maximum Gasteiger partial charge on any atom is 0.430 e. The Morgan fingerprint density at radius 1 is 1.00 bits per heavy atom. The van der Waals surface area contributed by atoms with Gasteiger partial charge >= 0.3 is 6.18 Å². The molecule has 8 nitrogen and oxygen atoms in total. The van der Waals surface area contributed by atoms with Gasteiger partial charge in [-0.25, -0.2) is 0 Å². The highest BCUT2D eigenvalue weighted by atomic mass is 35.5. The van der Waals surface area contributed by atoms with Gasteiger partial charge in [0, 0.05) is 50.5 Å². The molecule has 3 heterocycles. The van der Waals surface area contributed by atoms with Crippen molar-refractivity contribution < 1.29 is 32.4 Å². The van der Waals surface area contributed by atoms with Crippen molar-refractivity contribution in [2.45, 2.75) is 50.4 Å². The van der Waals surface area contributed by atoms with Crippen LogP contribution in [0.3, 0.4) is 0 Å². The molecule has 0 aliphatic carbocycles. The third-order valence-electron chi connectivity index (χ3n) is 8.88. The average Bonchev–Trinajstić information content (AvgIpc) is 3.53. The predicted molar refractivity (Wildman–Crippen MR) is 159 cm³/mol. The zero-order valence-electron chi connectivity index (χ0n) is 24.5. The molecule has 2 aliphatic rings. The Kier molecular flexibility index (Phi) is 9.55. The smallest absolute Gasteiger partial charge is 0.371 e. The first-order valence-electron chi connectivity index (χ1n) is 14.8. The Balaban J connectivity index is 1.11. The number of nitrogens with zero attached hydrogens (tertiary/aromatic N) is 4. The average molecular weight is 633 g/mol. The number of halogens is 4. The first-order valence-corrected chi connectivity index (χ1v) is 15.2. The molecule has 0 spiro atoms. The van der Waals surface area contributed by atoms with E-state index in [0.29, 0.717) is 47.5 Å². The number of amides is 2. The van der Waals surface area contributed by atoms with Gasteiger partial charge in [0.05, 0.1) is 17.1 Å². The van der Waals surface area contributed by atoms with E-state index in [1.165, 1.54) is 29.4 Å². The third-order valence-corrected chi connectivity index (χ3v) is 9.19. The van der Waals surface area contributed by atoms with Crippen LogP contribution in [0.4, 0.5) is 18.9 Å². The zero-order chi connectivity index (χ0) is 31.5. The summed E-state index contributed by atoms with van der Waals surface area (Å²) >= 11 is 6.53. The van der Waals surface area contributed by atoms with Crippen LogP contribution in [0.25, 0.3) is 0 Å². The molecule has 0 radical (unpaired) electrons. The number of likely N-dealkylation sites (tertiary alicyclic amines) is 1. The largest absolute Gasteiger partial charge is 0.430 e. The fraction of sp³-hybridized carbons (Fsp3) is 0.469. The summed E-state index contributed by atoms with van der Waals surface area (Å²) < 4.78 is 46.8. The molecular formula is C32H36ClF3N4O4. The number of anilines is 1. The number of rotatable bonds is 8. The first kappa shape index (κ1) is 31.8. The molecular weight excluding hydrogens is 597 g/mol. The summed E-state index contributed by atoms with van der Waals surface area (Å²) in [7, 11) is 1.68. The predicted octanol–water partition coefficient (Wildman–Crippen LogP) is 5.90. The maximum atomic E-state index is 14.0. The fourth-order valence-electron chi connectivity index (χ4n) is 6.30. The summed E-state index contributed by atoms with van der Waals surface area (Å²) in [6.07, 6.45) is 0.392. The highest BCUT2D eigenvalue weighted by Crippen LogP contribution is 2.41. The maximum absolute atomic E-state index is 14.0. The number of aliphatic hydroxyl groups is 1. The second-order valence-electron chi connectivity index (χ2n) is 11.8. The van der Waals surface area contributed by atoms with Gasteiger partial charge in [-0.3, -0.25) is 9.59 Å². The van der Waals surface area contributed by atoms with Gasteiger partial charge in [0.2, 0.25) is 0 Å². The summed E-state index contributed by atoms with van der Waals surface area (Å²) in [6, 6.07) is 13.7. The van der Waals surface area contributed by atoms with E-state index in [-0.39, 0.29) is 19.0 Å². The van der Waals surface area contributed by atoms with Crippen molar-refractivity contribution in [3.05, 3.63) is 82.7 Å². The molecule has 2 amide bonds. The van der Waals surface area contributed by atoms with Crippen LogP contribution in [0.5, 0.6) is 0 Å². The van der Waals surface area contributed by atoms with Crippen molar-refractivity contribution in [3.63, 3.8) is 0 Å². The van der Waals surface area contributed by atoms with Crippen LogP contribution >= 0.6 is 11.6 Å². The van der Waals surface area contributed by atoms with Gasteiger partial charge in [-0.2, -0.15) is 13.2 Å². The van der Waals surface area contributed by atoms with E-state index >= 15 is 0 Å². The first-order chi connectivity index (χ1) is 21.0. The van der Waals surface area contributed by atoms with Crippen molar-refractivity contribution in [2.75, 3.05) is 38.1 Å². The Hall–Kier alpha value is -3.57. The lowest BCUT2D eigenvalue weighted by molar-refractivity contribution is -0.262. The molecule has 0 bridgehead atoms. The number of aromatic nitrogens is 1. The second-order valence-corrected chi connectivity index (χ2v) is 12.2. The Labute approximate surface area is 259 Å². The van der Waals surface area contributed by atoms with Gasteiger partial charge in [-0.15, -0.1) is 0 Å². The van der Waals surface area contributed by atoms with Gasteiger partial charge in [0.1, 0.15) is 12.0 Å². The zero-order valence-corrected chi connectivity index (χ0v) is 25.2. The number of alkyl halides is 3. The molecule has 3 aromatic rings. The molecule has 1 aromatic heterocycles. The van der Waals surface area contributed by atoms with Crippen LogP contribution in [0.15, 0.2) is 65.4 Å². The van der Waals surface area contributed by atoms with Crippen LogP contribution in [-0.2, 0) is 16.9 Å². The molecule has 2 aliphatic heterocycles. The van der Waals surface area contributed by atoms with Crippen molar-refractivity contribution in [2.24, 2.45) is 11.8 Å². The molecule has 236 valence electrons. The molecule has 2 saturated heterocycles. The molecule has 0 unspecified atom stereocenters. The van der Waals surface area contributed by atoms with Crippen molar-refractivity contribution >= 4 is 29.1 Å². The number of carbonyl (C=O) groups is 2. The number of carbonyl (C=O) groups excluding carboxylic acids is 2. The van der Waals surface area contributed by atoms with Crippen LogP contribution < -0.4 is 4.90 Å². The Morgan fingerprint density at radius 2 is 1.64 bits per heavy atom. The van der Waals surface area contributed by atoms with Crippen LogP contribution in [-0.4, -0.2) is 71.3 Å². The fourth-order valence-corrected chi connectivity index (χ4v) is 6.56. The van der Waals surface area contributed by atoms with Crippen molar-refractivity contribution in [3.8, 4) is 0 Å².